The van der Waals surface area contributed by atoms with Gasteiger partial charge in [-0.3, -0.25) is 30.3 Å². The molecular formula is C25H21BrN4O6. The molecule has 1 saturated heterocycles. The summed E-state index contributed by atoms with van der Waals surface area (Å²) in [5.41, 5.74) is 0.643. The second kappa shape index (κ2) is 8.99. The molecule has 5 rings (SSSR count). The Kier molecular flexibility index (Phi) is 5.97. The zero-order chi connectivity index (χ0) is 25.6. The number of para-hydroxylation sites is 1. The van der Waals surface area contributed by atoms with E-state index in [1.165, 1.54) is 12.1 Å². The summed E-state index contributed by atoms with van der Waals surface area (Å²) in [6.45, 7) is 1.85. The number of amides is 1. The Morgan fingerprint density at radius 1 is 1.06 bits per heavy atom. The number of hydrogen-bond acceptors (Lipinski definition) is 7. The lowest BCUT2D eigenvalue weighted by molar-refractivity contribution is -0.532. The van der Waals surface area contributed by atoms with Crippen LogP contribution in [-0.4, -0.2) is 27.8 Å². The number of carbonyl (C=O) groups is 1. The molecule has 11 heteroatoms. The number of non-ortho nitro benzene ring substituents is 1. The highest BCUT2D eigenvalue weighted by atomic mass is 79.9. The number of anilines is 1. The molecule has 2 aliphatic heterocycles. The van der Waals surface area contributed by atoms with Gasteiger partial charge in [0.2, 0.25) is 0 Å². The molecule has 4 atom stereocenters. The average molecular weight is 553 g/mol. The Hall–Kier alpha value is -3.83. The van der Waals surface area contributed by atoms with Crippen LogP contribution in [0.1, 0.15) is 29.5 Å². The first kappa shape index (κ1) is 23.9. The largest absolute Gasteiger partial charge is 0.489 e. The van der Waals surface area contributed by atoms with Gasteiger partial charge in [-0.2, -0.15) is 0 Å². The van der Waals surface area contributed by atoms with Crippen LogP contribution in [0.3, 0.4) is 0 Å². The summed E-state index contributed by atoms with van der Waals surface area (Å²) in [6, 6.07) is 16.5. The average Bonchev–Trinajstić information content (AvgIpc) is 3.32. The van der Waals surface area contributed by atoms with Gasteiger partial charge in [0, 0.05) is 44.4 Å². The van der Waals surface area contributed by atoms with Crippen LogP contribution in [0, 0.1) is 20.2 Å². The molecule has 3 aromatic carbocycles. The SMILES string of the molecule is C[C@@H]1N[C@]2(C(=O)Nc3ccccc32)[C@H]([N+](=O)[O-])[C@H]1c1cc(Br)ccc1OCc1cccc([N+](=O)[O-])c1. The molecule has 2 aliphatic rings. The van der Waals surface area contributed by atoms with Crippen LogP contribution in [0.2, 0.25) is 0 Å². The number of halogens is 1. The molecule has 2 N–H and O–H groups in total. The molecule has 2 heterocycles. The van der Waals surface area contributed by atoms with Gasteiger partial charge in [0.25, 0.3) is 17.6 Å². The van der Waals surface area contributed by atoms with E-state index in [9.17, 15) is 25.0 Å². The highest BCUT2D eigenvalue weighted by Gasteiger charge is 2.68. The maximum atomic E-state index is 13.3. The quantitative estimate of drug-likeness (QED) is 0.339. The third-order valence-electron chi connectivity index (χ3n) is 6.81. The lowest BCUT2D eigenvalue weighted by Crippen LogP contribution is -2.54. The van der Waals surface area contributed by atoms with Crippen molar-refractivity contribution in [2.24, 2.45) is 0 Å². The van der Waals surface area contributed by atoms with Gasteiger partial charge in [-0.15, -0.1) is 0 Å². The van der Waals surface area contributed by atoms with E-state index < -0.39 is 39.3 Å². The second-order valence-corrected chi connectivity index (χ2v) is 9.81. The van der Waals surface area contributed by atoms with E-state index in [0.717, 1.165) is 0 Å². The molecule has 0 saturated carbocycles. The van der Waals surface area contributed by atoms with E-state index in [2.05, 4.69) is 26.6 Å². The number of ether oxygens (including phenoxy) is 1. The van der Waals surface area contributed by atoms with Gasteiger partial charge in [0.15, 0.2) is 5.54 Å². The van der Waals surface area contributed by atoms with E-state index in [4.69, 9.17) is 4.74 Å². The zero-order valence-corrected chi connectivity index (χ0v) is 20.6. The van der Waals surface area contributed by atoms with Crippen molar-refractivity contribution in [1.29, 1.82) is 0 Å². The van der Waals surface area contributed by atoms with Crippen molar-refractivity contribution in [3.8, 4) is 5.75 Å². The van der Waals surface area contributed by atoms with Gasteiger partial charge in [-0.1, -0.05) is 46.3 Å². The molecule has 0 bridgehead atoms. The third-order valence-corrected chi connectivity index (χ3v) is 7.30. The summed E-state index contributed by atoms with van der Waals surface area (Å²) in [7, 11) is 0. The summed E-state index contributed by atoms with van der Waals surface area (Å²) in [6.07, 6.45) is 0. The number of nitro benzene ring substituents is 1. The van der Waals surface area contributed by atoms with Crippen LogP contribution >= 0.6 is 15.9 Å². The van der Waals surface area contributed by atoms with Crippen LogP contribution in [0.5, 0.6) is 5.75 Å². The predicted molar refractivity (Wildman–Crippen MR) is 134 cm³/mol. The Labute approximate surface area is 214 Å². The molecular weight excluding hydrogens is 532 g/mol. The zero-order valence-electron chi connectivity index (χ0n) is 19.0. The number of rotatable bonds is 6. The standard InChI is InChI=1S/C25H21BrN4O6/c1-14-22(23(30(34)35)25(28-14)19-7-2-3-8-20(19)27-24(25)31)18-12-16(26)9-10-21(18)36-13-15-5-4-6-17(11-15)29(32)33/h2-12,14,22-23,28H,13H2,1H3,(H,27,31)/t14-,22+,23+,25-/m0/s1. The fourth-order valence-electron chi connectivity index (χ4n) is 5.35. The smallest absolute Gasteiger partial charge is 0.269 e. The minimum atomic E-state index is -1.54. The maximum Gasteiger partial charge on any atom is 0.269 e. The molecule has 10 nitrogen and oxygen atoms in total. The normalized spacial score (nSPS) is 24.4. The van der Waals surface area contributed by atoms with Gasteiger partial charge in [0.05, 0.1) is 10.8 Å². The van der Waals surface area contributed by atoms with E-state index in [1.54, 1.807) is 54.6 Å². The molecule has 0 unspecified atom stereocenters. The number of hydrogen-bond donors (Lipinski definition) is 2. The summed E-state index contributed by atoms with van der Waals surface area (Å²) in [4.78, 5) is 36.1. The monoisotopic (exact) mass is 552 g/mol. The first-order valence-electron chi connectivity index (χ1n) is 11.2. The molecule has 3 aromatic rings. The molecule has 184 valence electrons. The van der Waals surface area contributed by atoms with E-state index >= 15 is 0 Å². The summed E-state index contributed by atoms with van der Waals surface area (Å²) in [5, 5.41) is 29.8. The number of nitro groups is 2. The number of benzene rings is 3. The molecule has 1 fully saturated rings. The van der Waals surface area contributed by atoms with E-state index in [0.29, 0.717) is 32.6 Å². The molecule has 1 spiro atoms. The van der Waals surface area contributed by atoms with Crippen molar-refractivity contribution in [2.75, 3.05) is 5.32 Å². The summed E-state index contributed by atoms with van der Waals surface area (Å²) >= 11 is 3.45. The summed E-state index contributed by atoms with van der Waals surface area (Å²) in [5.74, 6) is -0.776. The van der Waals surface area contributed by atoms with Crippen molar-refractivity contribution >= 4 is 33.2 Å². The second-order valence-electron chi connectivity index (χ2n) is 8.89. The Balaban J connectivity index is 1.55. The number of carbonyl (C=O) groups excluding carboxylic acids is 1. The topological polar surface area (TPSA) is 137 Å². The molecule has 1 amide bonds. The van der Waals surface area contributed by atoms with Gasteiger partial charge < -0.3 is 10.1 Å². The molecule has 36 heavy (non-hydrogen) atoms. The Morgan fingerprint density at radius 3 is 2.58 bits per heavy atom. The molecule has 0 radical (unpaired) electrons. The van der Waals surface area contributed by atoms with Crippen molar-refractivity contribution in [2.45, 2.75) is 37.1 Å². The Bertz CT molecular complexity index is 1400. The summed E-state index contributed by atoms with van der Waals surface area (Å²) < 4.78 is 6.76. The van der Waals surface area contributed by atoms with Crippen LogP contribution in [0.25, 0.3) is 0 Å². The van der Waals surface area contributed by atoms with Gasteiger partial charge >= 0.3 is 0 Å². The number of nitrogens with one attached hydrogen (secondary N) is 2. The third kappa shape index (κ3) is 3.80. The van der Waals surface area contributed by atoms with Crippen molar-refractivity contribution < 1.29 is 19.4 Å². The van der Waals surface area contributed by atoms with Gasteiger partial charge in [-0.05, 0) is 36.8 Å². The lowest BCUT2D eigenvalue weighted by atomic mass is 9.78. The molecule has 0 aromatic heterocycles. The van der Waals surface area contributed by atoms with Crippen molar-refractivity contribution in [3.05, 3.63) is 108 Å². The number of nitrogens with zero attached hydrogens (tertiary/aromatic N) is 2. The lowest BCUT2D eigenvalue weighted by Gasteiger charge is -2.26. The maximum absolute atomic E-state index is 13.3. The number of fused-ring (bicyclic) bond motifs is 2. The van der Waals surface area contributed by atoms with Gasteiger partial charge in [-0.25, -0.2) is 0 Å². The fraction of sp³-hybridized carbons (Fsp3) is 0.240. The van der Waals surface area contributed by atoms with Crippen LogP contribution < -0.4 is 15.4 Å². The predicted octanol–water partition coefficient (Wildman–Crippen LogP) is 4.50. The first-order chi connectivity index (χ1) is 17.2. The highest BCUT2D eigenvalue weighted by Crippen LogP contribution is 2.51. The van der Waals surface area contributed by atoms with Gasteiger partial charge in [0.1, 0.15) is 12.4 Å². The van der Waals surface area contributed by atoms with E-state index in [1.807, 2.05) is 6.92 Å². The minimum Gasteiger partial charge on any atom is -0.489 e. The molecule has 0 aliphatic carbocycles. The Morgan fingerprint density at radius 2 is 1.83 bits per heavy atom. The van der Waals surface area contributed by atoms with Crippen LogP contribution in [-0.2, 0) is 16.9 Å². The van der Waals surface area contributed by atoms with Crippen molar-refractivity contribution in [3.63, 3.8) is 0 Å². The first-order valence-corrected chi connectivity index (χ1v) is 12.0. The minimum absolute atomic E-state index is 0.0302. The van der Waals surface area contributed by atoms with Crippen LogP contribution in [0.4, 0.5) is 11.4 Å². The fourth-order valence-corrected chi connectivity index (χ4v) is 5.73. The van der Waals surface area contributed by atoms with Crippen LogP contribution in [0.15, 0.2) is 71.2 Å². The highest BCUT2D eigenvalue weighted by molar-refractivity contribution is 9.10. The van der Waals surface area contributed by atoms with E-state index in [-0.39, 0.29) is 12.3 Å². The van der Waals surface area contributed by atoms with Crippen molar-refractivity contribution in [1.82, 2.24) is 5.32 Å².